The molecular formula is C19H18ClN5O. The first-order valence-electron chi connectivity index (χ1n) is 8.40. The van der Waals surface area contributed by atoms with Crippen molar-refractivity contribution in [1.82, 2.24) is 19.7 Å². The van der Waals surface area contributed by atoms with Crippen LogP contribution >= 0.6 is 11.6 Å². The Bertz CT molecular complexity index is 989. The van der Waals surface area contributed by atoms with E-state index in [0.717, 1.165) is 28.2 Å². The smallest absolute Gasteiger partial charge is 0.252 e. The molecule has 3 aromatic rings. The topological polar surface area (TPSA) is 72.7 Å². The number of halogens is 1. The lowest BCUT2D eigenvalue weighted by Crippen LogP contribution is -2.25. The van der Waals surface area contributed by atoms with E-state index in [1.807, 2.05) is 51.1 Å². The van der Waals surface area contributed by atoms with Gasteiger partial charge in [-0.1, -0.05) is 23.7 Å². The van der Waals surface area contributed by atoms with Gasteiger partial charge >= 0.3 is 0 Å². The maximum Gasteiger partial charge on any atom is 0.252 e. The second-order valence-corrected chi connectivity index (χ2v) is 7.00. The number of rotatable bonds is 2. The summed E-state index contributed by atoms with van der Waals surface area (Å²) in [5.74, 6) is 0.978. The SMILES string of the molecule is Cc1cc(C)nc(-n2nc(C)c3c2NC(=O)CC3c2ccc(Cl)cc2)n1. The first-order valence-corrected chi connectivity index (χ1v) is 8.77. The molecule has 1 amide bonds. The molecule has 0 spiro atoms. The van der Waals surface area contributed by atoms with Crippen molar-refractivity contribution in [3.8, 4) is 5.95 Å². The number of carbonyl (C=O) groups is 1. The van der Waals surface area contributed by atoms with Crippen molar-refractivity contribution in [2.45, 2.75) is 33.1 Å². The van der Waals surface area contributed by atoms with Crippen molar-refractivity contribution in [2.24, 2.45) is 0 Å². The van der Waals surface area contributed by atoms with Crippen LogP contribution in [0.1, 0.15) is 40.5 Å². The van der Waals surface area contributed by atoms with Crippen LogP contribution in [0.4, 0.5) is 5.82 Å². The first kappa shape index (κ1) is 16.7. The van der Waals surface area contributed by atoms with Crippen molar-refractivity contribution in [2.75, 3.05) is 5.32 Å². The van der Waals surface area contributed by atoms with Crippen LogP contribution in [0.5, 0.6) is 0 Å². The summed E-state index contributed by atoms with van der Waals surface area (Å²) in [6, 6.07) is 9.51. The van der Waals surface area contributed by atoms with Gasteiger partial charge in [-0.25, -0.2) is 9.97 Å². The minimum atomic E-state index is -0.0735. The van der Waals surface area contributed by atoms with Crippen molar-refractivity contribution in [3.63, 3.8) is 0 Å². The Balaban J connectivity index is 1.88. The third kappa shape index (κ3) is 2.86. The zero-order valence-corrected chi connectivity index (χ0v) is 15.5. The predicted octanol–water partition coefficient (Wildman–Crippen LogP) is 3.72. The van der Waals surface area contributed by atoms with Crippen molar-refractivity contribution in [1.29, 1.82) is 0 Å². The lowest BCUT2D eigenvalue weighted by molar-refractivity contribution is -0.116. The van der Waals surface area contributed by atoms with E-state index in [0.29, 0.717) is 23.2 Å². The molecule has 1 aromatic carbocycles. The summed E-state index contributed by atoms with van der Waals surface area (Å²) in [4.78, 5) is 21.3. The molecule has 132 valence electrons. The fraction of sp³-hybridized carbons (Fsp3) is 0.263. The number of hydrogen-bond acceptors (Lipinski definition) is 4. The van der Waals surface area contributed by atoms with Crippen molar-refractivity contribution in [3.05, 3.63) is 63.6 Å². The number of aryl methyl sites for hydroxylation is 3. The summed E-state index contributed by atoms with van der Waals surface area (Å²) >= 11 is 6.01. The Hall–Kier alpha value is -2.73. The number of carbonyl (C=O) groups excluding carboxylic acids is 1. The molecule has 7 heteroatoms. The quantitative estimate of drug-likeness (QED) is 0.749. The highest BCUT2D eigenvalue weighted by Crippen LogP contribution is 2.40. The minimum absolute atomic E-state index is 0.0528. The van der Waals surface area contributed by atoms with Crippen LogP contribution < -0.4 is 5.32 Å². The Morgan fingerprint density at radius 1 is 1.12 bits per heavy atom. The number of benzene rings is 1. The van der Waals surface area contributed by atoms with Crippen LogP contribution in [0.3, 0.4) is 0 Å². The van der Waals surface area contributed by atoms with Gasteiger partial charge in [0, 0.05) is 34.3 Å². The van der Waals surface area contributed by atoms with Crippen LogP contribution in [0.15, 0.2) is 30.3 Å². The number of aromatic nitrogens is 4. The summed E-state index contributed by atoms with van der Waals surface area (Å²) in [5.41, 5.74) is 4.59. The average molecular weight is 368 g/mol. The predicted molar refractivity (Wildman–Crippen MR) is 99.9 cm³/mol. The number of anilines is 1. The molecule has 1 unspecified atom stereocenters. The number of fused-ring (bicyclic) bond motifs is 1. The molecule has 0 radical (unpaired) electrons. The fourth-order valence-corrected chi connectivity index (χ4v) is 3.60. The largest absolute Gasteiger partial charge is 0.310 e. The first-order chi connectivity index (χ1) is 12.4. The Kier molecular flexibility index (Phi) is 4.00. The van der Waals surface area contributed by atoms with Gasteiger partial charge in [-0.15, -0.1) is 0 Å². The van der Waals surface area contributed by atoms with Crippen molar-refractivity contribution >= 4 is 23.3 Å². The van der Waals surface area contributed by atoms with Crippen molar-refractivity contribution < 1.29 is 4.79 Å². The van der Waals surface area contributed by atoms with Gasteiger partial charge in [-0.3, -0.25) is 4.79 Å². The molecule has 0 fully saturated rings. The standard InChI is InChI=1S/C19H18ClN5O/c1-10-8-11(2)22-19(21-10)25-18-17(12(3)24-25)15(9-16(26)23-18)13-4-6-14(20)7-5-13/h4-8,15H,9H2,1-3H3,(H,23,26). The summed E-state index contributed by atoms with van der Waals surface area (Å²) in [6.45, 7) is 5.77. The van der Waals surface area contributed by atoms with Crippen LogP contribution in [0.25, 0.3) is 5.95 Å². The summed E-state index contributed by atoms with van der Waals surface area (Å²) in [7, 11) is 0. The van der Waals surface area contributed by atoms with Crippen LogP contribution in [-0.4, -0.2) is 25.7 Å². The van der Waals surface area contributed by atoms with E-state index in [9.17, 15) is 4.79 Å². The van der Waals surface area contributed by atoms with E-state index in [1.165, 1.54) is 0 Å². The van der Waals surface area contributed by atoms with E-state index in [4.69, 9.17) is 11.6 Å². The Morgan fingerprint density at radius 2 is 1.77 bits per heavy atom. The zero-order valence-electron chi connectivity index (χ0n) is 14.7. The molecule has 1 aliphatic rings. The second-order valence-electron chi connectivity index (χ2n) is 6.57. The van der Waals surface area contributed by atoms with Gasteiger partial charge in [0.1, 0.15) is 5.82 Å². The maximum atomic E-state index is 12.4. The van der Waals surface area contributed by atoms with Gasteiger partial charge in [-0.05, 0) is 44.5 Å². The molecule has 0 aliphatic carbocycles. The zero-order chi connectivity index (χ0) is 18.4. The molecule has 2 aromatic heterocycles. The normalized spacial score (nSPS) is 16.3. The molecule has 0 saturated heterocycles. The van der Waals surface area contributed by atoms with E-state index in [1.54, 1.807) is 4.68 Å². The average Bonchev–Trinajstić information content (AvgIpc) is 2.91. The molecule has 26 heavy (non-hydrogen) atoms. The van der Waals surface area contributed by atoms with Gasteiger partial charge < -0.3 is 5.32 Å². The molecule has 6 nitrogen and oxygen atoms in total. The molecular weight excluding hydrogens is 350 g/mol. The van der Waals surface area contributed by atoms with E-state index in [-0.39, 0.29) is 11.8 Å². The van der Waals surface area contributed by atoms with E-state index >= 15 is 0 Å². The monoisotopic (exact) mass is 367 g/mol. The molecule has 4 rings (SSSR count). The van der Waals surface area contributed by atoms with Gasteiger partial charge in [0.05, 0.1) is 5.69 Å². The van der Waals surface area contributed by atoms with Gasteiger partial charge in [0.15, 0.2) is 0 Å². The van der Waals surface area contributed by atoms with Crippen LogP contribution in [0, 0.1) is 20.8 Å². The maximum absolute atomic E-state index is 12.4. The van der Waals surface area contributed by atoms with Gasteiger partial charge in [0.2, 0.25) is 5.91 Å². The van der Waals surface area contributed by atoms with E-state index < -0.39 is 0 Å². The molecule has 3 heterocycles. The number of amides is 1. The number of nitrogens with one attached hydrogen (secondary N) is 1. The lowest BCUT2D eigenvalue weighted by Gasteiger charge is -2.24. The summed E-state index contributed by atoms with van der Waals surface area (Å²) in [6.07, 6.45) is 0.370. The Morgan fingerprint density at radius 3 is 2.42 bits per heavy atom. The third-order valence-corrected chi connectivity index (χ3v) is 4.79. The molecule has 1 aliphatic heterocycles. The van der Waals surface area contributed by atoms with Gasteiger partial charge in [0.25, 0.3) is 5.95 Å². The molecule has 1 atom stereocenters. The fourth-order valence-electron chi connectivity index (χ4n) is 3.47. The molecule has 0 bridgehead atoms. The summed E-state index contributed by atoms with van der Waals surface area (Å²) < 4.78 is 1.63. The minimum Gasteiger partial charge on any atom is -0.310 e. The van der Waals surface area contributed by atoms with Crippen LogP contribution in [0.2, 0.25) is 5.02 Å². The second kappa shape index (κ2) is 6.21. The highest BCUT2D eigenvalue weighted by Gasteiger charge is 2.33. The lowest BCUT2D eigenvalue weighted by atomic mass is 9.86. The van der Waals surface area contributed by atoms with Gasteiger partial charge in [-0.2, -0.15) is 9.78 Å². The highest BCUT2D eigenvalue weighted by atomic mass is 35.5. The number of hydrogen-bond donors (Lipinski definition) is 1. The third-order valence-electron chi connectivity index (χ3n) is 4.53. The number of nitrogens with zero attached hydrogens (tertiary/aromatic N) is 4. The Labute approximate surface area is 156 Å². The summed E-state index contributed by atoms with van der Waals surface area (Å²) in [5, 5.41) is 8.25. The highest BCUT2D eigenvalue weighted by molar-refractivity contribution is 6.30. The van der Waals surface area contributed by atoms with E-state index in [2.05, 4.69) is 20.4 Å². The molecule has 1 N–H and O–H groups in total. The van der Waals surface area contributed by atoms with Crippen LogP contribution in [-0.2, 0) is 4.79 Å². The molecule has 0 saturated carbocycles.